The number of Topliss-reactive ketones (excluding diaryl/α,β-unsaturated/α-hetero) is 1. The first-order valence-electron chi connectivity index (χ1n) is 7.29. The smallest absolute Gasteiger partial charge is 0.329 e. The van der Waals surface area contributed by atoms with E-state index in [1.165, 1.54) is 13.8 Å². The second-order valence-corrected chi connectivity index (χ2v) is 5.33. The SMILES string of the molecule is CC(=O)c1ccccc1NC(=O)[C@@H](C)OC(=O)[C@H]1CCC(=O)N1. The first-order valence-corrected chi connectivity index (χ1v) is 7.29. The lowest BCUT2D eigenvalue weighted by Gasteiger charge is -2.17. The van der Waals surface area contributed by atoms with Crippen molar-refractivity contribution >= 4 is 29.3 Å². The Morgan fingerprint density at radius 1 is 1.30 bits per heavy atom. The Balaban J connectivity index is 1.96. The van der Waals surface area contributed by atoms with E-state index < -0.39 is 24.0 Å². The van der Waals surface area contributed by atoms with E-state index in [0.717, 1.165) is 0 Å². The first kappa shape index (κ1) is 16.7. The summed E-state index contributed by atoms with van der Waals surface area (Å²) in [5.41, 5.74) is 0.740. The number of hydrogen-bond acceptors (Lipinski definition) is 5. The number of ketones is 1. The van der Waals surface area contributed by atoms with Gasteiger partial charge < -0.3 is 15.4 Å². The molecule has 0 radical (unpaired) electrons. The Bertz CT molecular complexity index is 656. The summed E-state index contributed by atoms with van der Waals surface area (Å²) in [5, 5.41) is 5.05. The third-order valence-electron chi connectivity index (χ3n) is 3.51. The molecule has 0 aromatic heterocycles. The van der Waals surface area contributed by atoms with Crippen LogP contribution in [0.3, 0.4) is 0 Å². The average molecular weight is 318 g/mol. The van der Waals surface area contributed by atoms with Gasteiger partial charge in [0.25, 0.3) is 5.91 Å². The number of ether oxygens (including phenoxy) is 1. The monoisotopic (exact) mass is 318 g/mol. The van der Waals surface area contributed by atoms with Crippen molar-refractivity contribution in [3.8, 4) is 0 Å². The molecule has 23 heavy (non-hydrogen) atoms. The van der Waals surface area contributed by atoms with E-state index in [-0.39, 0.29) is 18.1 Å². The zero-order valence-corrected chi connectivity index (χ0v) is 12.9. The number of amides is 2. The number of nitrogens with one attached hydrogen (secondary N) is 2. The molecule has 0 unspecified atom stereocenters. The van der Waals surface area contributed by atoms with Gasteiger partial charge in [-0.05, 0) is 32.4 Å². The molecule has 1 heterocycles. The molecule has 0 spiro atoms. The highest BCUT2D eigenvalue weighted by molar-refractivity contribution is 6.04. The highest BCUT2D eigenvalue weighted by Gasteiger charge is 2.31. The van der Waals surface area contributed by atoms with E-state index in [1.807, 2.05) is 0 Å². The van der Waals surface area contributed by atoms with Crippen LogP contribution in [0.5, 0.6) is 0 Å². The van der Waals surface area contributed by atoms with E-state index in [0.29, 0.717) is 17.7 Å². The molecule has 2 amide bonds. The maximum atomic E-state index is 12.1. The van der Waals surface area contributed by atoms with Gasteiger partial charge in [0.2, 0.25) is 5.91 Å². The Morgan fingerprint density at radius 3 is 2.61 bits per heavy atom. The summed E-state index contributed by atoms with van der Waals surface area (Å²) in [6.45, 7) is 2.83. The van der Waals surface area contributed by atoms with Crippen molar-refractivity contribution in [2.75, 3.05) is 5.32 Å². The largest absolute Gasteiger partial charge is 0.451 e. The Morgan fingerprint density at radius 2 is 2.00 bits per heavy atom. The van der Waals surface area contributed by atoms with Crippen LogP contribution in [-0.2, 0) is 19.1 Å². The van der Waals surface area contributed by atoms with Crippen molar-refractivity contribution in [1.82, 2.24) is 5.32 Å². The molecule has 7 nitrogen and oxygen atoms in total. The molecule has 0 saturated carbocycles. The quantitative estimate of drug-likeness (QED) is 0.624. The summed E-state index contributed by atoms with van der Waals surface area (Å²) >= 11 is 0. The molecule has 1 saturated heterocycles. The minimum absolute atomic E-state index is 0.181. The average Bonchev–Trinajstić information content (AvgIpc) is 2.94. The lowest BCUT2D eigenvalue weighted by atomic mass is 10.1. The predicted molar refractivity (Wildman–Crippen MR) is 81.8 cm³/mol. The van der Waals surface area contributed by atoms with E-state index in [1.54, 1.807) is 24.3 Å². The number of benzene rings is 1. The first-order chi connectivity index (χ1) is 10.9. The normalized spacial score (nSPS) is 18.0. The summed E-state index contributed by atoms with van der Waals surface area (Å²) in [6, 6.07) is 5.87. The number of anilines is 1. The maximum Gasteiger partial charge on any atom is 0.329 e. The molecule has 2 atom stereocenters. The number of para-hydroxylation sites is 1. The van der Waals surface area contributed by atoms with Gasteiger partial charge in [0.05, 0.1) is 5.69 Å². The summed E-state index contributed by atoms with van der Waals surface area (Å²) in [5.74, 6) is -1.58. The van der Waals surface area contributed by atoms with Gasteiger partial charge in [-0.1, -0.05) is 12.1 Å². The predicted octanol–water partition coefficient (Wildman–Crippen LogP) is 1.04. The second kappa shape index (κ2) is 7.04. The number of hydrogen-bond donors (Lipinski definition) is 2. The minimum Gasteiger partial charge on any atom is -0.451 e. The van der Waals surface area contributed by atoms with E-state index >= 15 is 0 Å². The fourth-order valence-electron chi connectivity index (χ4n) is 2.23. The molecule has 7 heteroatoms. The van der Waals surface area contributed by atoms with Crippen molar-refractivity contribution in [3.05, 3.63) is 29.8 Å². The van der Waals surface area contributed by atoms with Crippen molar-refractivity contribution in [2.24, 2.45) is 0 Å². The van der Waals surface area contributed by atoms with Gasteiger partial charge in [0, 0.05) is 12.0 Å². The lowest BCUT2D eigenvalue weighted by Crippen LogP contribution is -2.39. The zero-order valence-electron chi connectivity index (χ0n) is 12.9. The molecule has 0 aliphatic carbocycles. The van der Waals surface area contributed by atoms with Crippen LogP contribution in [0.4, 0.5) is 5.69 Å². The highest BCUT2D eigenvalue weighted by atomic mass is 16.5. The second-order valence-electron chi connectivity index (χ2n) is 5.33. The molecule has 1 aromatic rings. The number of carbonyl (C=O) groups is 4. The summed E-state index contributed by atoms with van der Waals surface area (Å²) < 4.78 is 5.07. The molecule has 2 rings (SSSR count). The van der Waals surface area contributed by atoms with Crippen molar-refractivity contribution < 1.29 is 23.9 Å². The molecule has 1 aliphatic rings. The van der Waals surface area contributed by atoms with E-state index in [9.17, 15) is 19.2 Å². The molecule has 1 aromatic carbocycles. The van der Waals surface area contributed by atoms with Crippen LogP contribution < -0.4 is 10.6 Å². The van der Waals surface area contributed by atoms with Crippen LogP contribution in [0.2, 0.25) is 0 Å². The van der Waals surface area contributed by atoms with Crippen LogP contribution in [0.15, 0.2) is 24.3 Å². The Hall–Kier alpha value is -2.70. The lowest BCUT2D eigenvalue weighted by molar-refractivity contribution is -0.155. The molecule has 1 fully saturated rings. The third kappa shape index (κ3) is 4.15. The molecule has 1 aliphatic heterocycles. The molecular formula is C16H18N2O5. The van der Waals surface area contributed by atoms with E-state index in [2.05, 4.69) is 10.6 Å². The van der Waals surface area contributed by atoms with Gasteiger partial charge in [-0.25, -0.2) is 4.79 Å². The summed E-state index contributed by atoms with van der Waals surface area (Å²) in [7, 11) is 0. The van der Waals surface area contributed by atoms with E-state index in [4.69, 9.17) is 4.74 Å². The van der Waals surface area contributed by atoms with Crippen molar-refractivity contribution in [3.63, 3.8) is 0 Å². The highest BCUT2D eigenvalue weighted by Crippen LogP contribution is 2.16. The van der Waals surface area contributed by atoms with Gasteiger partial charge in [0.15, 0.2) is 11.9 Å². The summed E-state index contributed by atoms with van der Waals surface area (Å²) in [6.07, 6.45) is -0.411. The zero-order chi connectivity index (χ0) is 17.0. The fourth-order valence-corrected chi connectivity index (χ4v) is 2.23. The van der Waals surface area contributed by atoms with Crippen LogP contribution in [0.1, 0.15) is 37.0 Å². The fraction of sp³-hybridized carbons (Fsp3) is 0.375. The van der Waals surface area contributed by atoms with Gasteiger partial charge >= 0.3 is 5.97 Å². The third-order valence-corrected chi connectivity index (χ3v) is 3.51. The van der Waals surface area contributed by atoms with Crippen LogP contribution in [0.25, 0.3) is 0 Å². The topological polar surface area (TPSA) is 102 Å². The number of esters is 1. The van der Waals surface area contributed by atoms with Crippen LogP contribution >= 0.6 is 0 Å². The maximum absolute atomic E-state index is 12.1. The van der Waals surface area contributed by atoms with Gasteiger partial charge in [0.1, 0.15) is 6.04 Å². The Kier molecular flexibility index (Phi) is 5.10. The minimum atomic E-state index is -1.04. The molecule has 0 bridgehead atoms. The van der Waals surface area contributed by atoms with Gasteiger partial charge in [-0.2, -0.15) is 0 Å². The number of carbonyl (C=O) groups excluding carboxylic acids is 4. The van der Waals surface area contributed by atoms with Crippen molar-refractivity contribution in [1.29, 1.82) is 0 Å². The van der Waals surface area contributed by atoms with Crippen LogP contribution in [-0.4, -0.2) is 35.7 Å². The van der Waals surface area contributed by atoms with Gasteiger partial charge in [-0.15, -0.1) is 0 Å². The molecule has 122 valence electrons. The van der Waals surface area contributed by atoms with Crippen LogP contribution in [0, 0.1) is 0 Å². The Labute approximate surface area is 133 Å². The molecular weight excluding hydrogens is 300 g/mol. The van der Waals surface area contributed by atoms with Gasteiger partial charge in [-0.3, -0.25) is 14.4 Å². The molecule has 2 N–H and O–H groups in total. The number of rotatable bonds is 5. The van der Waals surface area contributed by atoms with Crippen molar-refractivity contribution in [2.45, 2.75) is 38.8 Å². The standard InChI is InChI=1S/C16H18N2O5/c1-9(19)11-5-3-4-6-12(11)18-15(21)10(2)23-16(22)13-7-8-14(20)17-13/h3-6,10,13H,7-8H2,1-2H3,(H,17,20)(H,18,21)/t10-,13-/m1/s1. The summed E-state index contributed by atoms with van der Waals surface area (Å²) in [4.78, 5) is 46.6.